The number of aliphatic hydroxyl groups excluding tert-OH is 1. The fourth-order valence-corrected chi connectivity index (χ4v) is 1.11. The molecule has 0 saturated heterocycles. The Balaban J connectivity index is 4.69. The highest BCUT2D eigenvalue weighted by Gasteiger charge is 2.33. The highest BCUT2D eigenvalue weighted by Crippen LogP contribution is 2.17. The number of esters is 1. The van der Waals surface area contributed by atoms with Crippen LogP contribution in [0, 0.1) is 5.41 Å². The minimum absolute atomic E-state index is 0.113. The van der Waals surface area contributed by atoms with Crippen LogP contribution < -0.4 is 5.32 Å². The van der Waals surface area contributed by atoms with E-state index in [9.17, 15) is 9.59 Å². The predicted octanol–water partition coefficient (Wildman–Crippen LogP) is 0.687. The molecule has 0 aromatic carbocycles. The van der Waals surface area contributed by atoms with Gasteiger partial charge in [0.25, 0.3) is 0 Å². The molecule has 0 aromatic heterocycles. The van der Waals surface area contributed by atoms with E-state index < -0.39 is 23.0 Å². The monoisotopic (exact) mass is 300 g/mol. The van der Waals surface area contributed by atoms with E-state index in [1.807, 2.05) is 0 Å². The molecule has 0 aliphatic heterocycles. The van der Waals surface area contributed by atoms with Gasteiger partial charge in [0.1, 0.15) is 0 Å². The molecule has 0 rings (SSSR count). The van der Waals surface area contributed by atoms with Crippen LogP contribution in [0.5, 0.6) is 0 Å². The Morgan fingerprint density at radius 3 is 2.33 bits per heavy atom. The van der Waals surface area contributed by atoms with E-state index in [2.05, 4.69) is 15.5 Å². The summed E-state index contributed by atoms with van der Waals surface area (Å²) in [6.45, 7) is 6.26. The van der Waals surface area contributed by atoms with Gasteiger partial charge >= 0.3 is 5.97 Å². The molecule has 0 spiro atoms. The number of carbonyl (C=O) groups excluding carboxylic acids is 2. The molecule has 8 nitrogen and oxygen atoms in total. The highest BCUT2D eigenvalue weighted by molar-refractivity contribution is 5.85. The standard InChI is InChI=1S/C13H24N4O4/c1-12(2,10(19)15-7-8-18)16-17-13(3,4)11(20)21-9-5-6-14/h6,14,18H,5,7-9H2,1-4H3,(H,15,19). The van der Waals surface area contributed by atoms with Crippen molar-refractivity contribution in [1.29, 1.82) is 5.41 Å². The number of amides is 1. The number of carbonyl (C=O) groups is 2. The summed E-state index contributed by atoms with van der Waals surface area (Å²) >= 11 is 0. The van der Waals surface area contributed by atoms with E-state index >= 15 is 0 Å². The van der Waals surface area contributed by atoms with Gasteiger partial charge in [-0.25, -0.2) is 4.79 Å². The number of ether oxygens (including phenoxy) is 1. The molecule has 0 aromatic rings. The second-order valence-electron chi connectivity index (χ2n) is 5.43. The molecule has 0 fully saturated rings. The van der Waals surface area contributed by atoms with E-state index in [-0.39, 0.29) is 19.8 Å². The predicted molar refractivity (Wildman–Crippen MR) is 77.5 cm³/mol. The number of hydrogen-bond donors (Lipinski definition) is 3. The highest BCUT2D eigenvalue weighted by atomic mass is 16.5. The van der Waals surface area contributed by atoms with Crippen molar-refractivity contribution in [3.05, 3.63) is 0 Å². The van der Waals surface area contributed by atoms with E-state index in [1.54, 1.807) is 13.8 Å². The van der Waals surface area contributed by atoms with Crippen molar-refractivity contribution in [3.8, 4) is 0 Å². The summed E-state index contributed by atoms with van der Waals surface area (Å²) in [4.78, 5) is 23.6. The fraction of sp³-hybridized carbons (Fsp3) is 0.769. The largest absolute Gasteiger partial charge is 0.463 e. The molecular formula is C13H24N4O4. The van der Waals surface area contributed by atoms with Gasteiger partial charge in [-0.15, -0.1) is 0 Å². The van der Waals surface area contributed by atoms with Crippen LogP contribution >= 0.6 is 0 Å². The molecule has 0 saturated carbocycles. The third kappa shape index (κ3) is 6.94. The number of aliphatic hydroxyl groups is 1. The zero-order valence-electron chi connectivity index (χ0n) is 13.0. The van der Waals surface area contributed by atoms with E-state index in [4.69, 9.17) is 15.3 Å². The maximum atomic E-state index is 11.8. The first-order chi connectivity index (χ1) is 9.67. The Hall–Kier alpha value is -1.83. The van der Waals surface area contributed by atoms with Crippen LogP contribution in [0.15, 0.2) is 10.2 Å². The molecule has 0 unspecified atom stereocenters. The molecule has 21 heavy (non-hydrogen) atoms. The first-order valence-electron chi connectivity index (χ1n) is 6.66. The van der Waals surface area contributed by atoms with Crippen molar-refractivity contribution in [2.45, 2.75) is 45.2 Å². The molecule has 0 atom stereocenters. The first kappa shape index (κ1) is 19.2. The quantitative estimate of drug-likeness (QED) is 0.251. The molecule has 0 bridgehead atoms. The van der Waals surface area contributed by atoms with Crippen molar-refractivity contribution in [2.24, 2.45) is 10.2 Å². The van der Waals surface area contributed by atoms with Crippen LogP contribution in [0.3, 0.4) is 0 Å². The molecule has 120 valence electrons. The number of azo groups is 1. The summed E-state index contributed by atoms with van der Waals surface area (Å²) in [5.41, 5.74) is -2.36. The summed E-state index contributed by atoms with van der Waals surface area (Å²) in [5.74, 6) is -0.965. The minimum atomic E-state index is -1.21. The SMILES string of the molecule is CC(C)(N=NC(C)(C)C(=O)OCCC=N)C(=O)NCCO. The maximum Gasteiger partial charge on any atom is 0.335 e. The van der Waals surface area contributed by atoms with E-state index in [0.29, 0.717) is 6.42 Å². The van der Waals surface area contributed by atoms with Crippen LogP contribution in [0.4, 0.5) is 0 Å². The molecule has 3 N–H and O–H groups in total. The Morgan fingerprint density at radius 2 is 1.81 bits per heavy atom. The minimum Gasteiger partial charge on any atom is -0.463 e. The van der Waals surface area contributed by atoms with Gasteiger partial charge < -0.3 is 20.6 Å². The van der Waals surface area contributed by atoms with Gasteiger partial charge in [-0.2, -0.15) is 10.2 Å². The summed E-state index contributed by atoms with van der Waals surface area (Å²) in [5, 5.41) is 25.8. The van der Waals surface area contributed by atoms with Crippen LogP contribution in [0.25, 0.3) is 0 Å². The van der Waals surface area contributed by atoms with Crippen molar-refractivity contribution >= 4 is 18.1 Å². The number of nitrogens with one attached hydrogen (secondary N) is 2. The smallest absolute Gasteiger partial charge is 0.335 e. The molecule has 0 aliphatic rings. The second kappa shape index (κ2) is 8.46. The Kier molecular flexibility index (Phi) is 7.72. The fourth-order valence-electron chi connectivity index (χ4n) is 1.11. The van der Waals surface area contributed by atoms with Crippen molar-refractivity contribution in [1.82, 2.24) is 5.32 Å². The normalized spacial score (nSPS) is 12.2. The zero-order valence-corrected chi connectivity index (χ0v) is 13.0. The zero-order chi connectivity index (χ0) is 16.5. The molecule has 8 heteroatoms. The second-order valence-corrected chi connectivity index (χ2v) is 5.43. The van der Waals surface area contributed by atoms with Gasteiger partial charge in [0, 0.05) is 13.0 Å². The van der Waals surface area contributed by atoms with Crippen molar-refractivity contribution < 1.29 is 19.4 Å². The molecule has 0 heterocycles. The van der Waals surface area contributed by atoms with E-state index in [1.165, 1.54) is 13.8 Å². The van der Waals surface area contributed by atoms with Crippen LogP contribution in [-0.2, 0) is 14.3 Å². The average molecular weight is 300 g/mol. The van der Waals surface area contributed by atoms with Crippen LogP contribution in [0.2, 0.25) is 0 Å². The number of nitrogens with zero attached hydrogens (tertiary/aromatic N) is 2. The lowest BCUT2D eigenvalue weighted by atomic mass is 10.1. The Morgan fingerprint density at radius 1 is 1.24 bits per heavy atom. The summed E-state index contributed by atoms with van der Waals surface area (Å²) in [7, 11) is 0. The van der Waals surface area contributed by atoms with Crippen molar-refractivity contribution in [2.75, 3.05) is 19.8 Å². The van der Waals surface area contributed by atoms with Crippen LogP contribution in [0.1, 0.15) is 34.1 Å². The third-order valence-corrected chi connectivity index (χ3v) is 2.50. The summed E-state index contributed by atoms with van der Waals surface area (Å²) in [6.07, 6.45) is 1.49. The van der Waals surface area contributed by atoms with Gasteiger partial charge in [0.15, 0.2) is 11.1 Å². The summed E-state index contributed by atoms with van der Waals surface area (Å²) in [6, 6.07) is 0. The molecule has 1 amide bonds. The van der Waals surface area contributed by atoms with Gasteiger partial charge in [-0.1, -0.05) is 0 Å². The molecular weight excluding hydrogens is 276 g/mol. The van der Waals surface area contributed by atoms with Gasteiger partial charge in [0.05, 0.1) is 13.2 Å². The topological polar surface area (TPSA) is 124 Å². The lowest BCUT2D eigenvalue weighted by Crippen LogP contribution is -2.42. The molecule has 0 radical (unpaired) electrons. The third-order valence-electron chi connectivity index (χ3n) is 2.50. The van der Waals surface area contributed by atoms with Crippen LogP contribution in [-0.4, -0.2) is 54.0 Å². The molecule has 0 aliphatic carbocycles. The van der Waals surface area contributed by atoms with Gasteiger partial charge in [-0.3, -0.25) is 4.79 Å². The Bertz CT molecular complexity index is 405. The number of hydrogen-bond acceptors (Lipinski definition) is 7. The lowest BCUT2D eigenvalue weighted by molar-refractivity contribution is -0.148. The van der Waals surface area contributed by atoms with E-state index in [0.717, 1.165) is 6.21 Å². The maximum absolute atomic E-state index is 11.8. The average Bonchev–Trinajstić information content (AvgIpc) is 2.42. The number of rotatable bonds is 9. The first-order valence-corrected chi connectivity index (χ1v) is 6.66. The lowest BCUT2D eigenvalue weighted by Gasteiger charge is -2.21. The van der Waals surface area contributed by atoms with Gasteiger partial charge in [0.2, 0.25) is 5.91 Å². The summed E-state index contributed by atoms with van der Waals surface area (Å²) < 4.78 is 4.96. The Labute approximate surface area is 124 Å². The van der Waals surface area contributed by atoms with Gasteiger partial charge in [-0.05, 0) is 33.9 Å². The van der Waals surface area contributed by atoms with Crippen molar-refractivity contribution in [3.63, 3.8) is 0 Å².